The predicted molar refractivity (Wildman–Crippen MR) is 128 cm³/mol. The number of fused-ring (bicyclic) bond motifs is 7. The first-order valence-electron chi connectivity index (χ1n) is 12.3. The van der Waals surface area contributed by atoms with Crippen LogP contribution >= 0.6 is 0 Å². The van der Waals surface area contributed by atoms with Crippen molar-refractivity contribution in [2.24, 2.45) is 17.8 Å². The maximum Gasteiger partial charge on any atom is 0.239 e. The summed E-state index contributed by atoms with van der Waals surface area (Å²) in [6, 6.07) is 18.9. The molecular weight excluding hydrogens is 428 g/mol. The lowest BCUT2D eigenvalue weighted by molar-refractivity contribution is -0.225. The molecule has 3 fully saturated rings. The van der Waals surface area contributed by atoms with Gasteiger partial charge in [-0.05, 0) is 42.9 Å². The number of para-hydroxylation sites is 1. The Labute approximate surface area is 200 Å². The van der Waals surface area contributed by atoms with Gasteiger partial charge in [0, 0.05) is 44.4 Å². The molecule has 6 heteroatoms. The Morgan fingerprint density at radius 1 is 1.12 bits per heavy atom. The van der Waals surface area contributed by atoms with Crippen molar-refractivity contribution in [2.45, 2.75) is 50.1 Å². The topological polar surface area (TPSA) is 59.1 Å². The quantitative estimate of drug-likeness (QED) is 0.700. The van der Waals surface area contributed by atoms with Crippen molar-refractivity contribution >= 4 is 17.4 Å². The van der Waals surface area contributed by atoms with Gasteiger partial charge in [-0.1, -0.05) is 48.5 Å². The summed E-state index contributed by atoms with van der Waals surface area (Å²) in [5, 5.41) is 0. The van der Waals surface area contributed by atoms with Gasteiger partial charge < -0.3 is 14.4 Å². The van der Waals surface area contributed by atoms with Crippen molar-refractivity contribution in [3.8, 4) is 0 Å². The van der Waals surface area contributed by atoms with E-state index in [0.717, 1.165) is 30.6 Å². The Hall–Kier alpha value is -2.54. The van der Waals surface area contributed by atoms with Crippen molar-refractivity contribution < 1.29 is 19.1 Å². The number of amides is 1. The molecule has 7 atom stereocenters. The summed E-state index contributed by atoms with van der Waals surface area (Å²) in [5.41, 5.74) is 2.80. The van der Waals surface area contributed by atoms with Crippen LogP contribution in [-0.2, 0) is 31.0 Å². The van der Waals surface area contributed by atoms with Crippen LogP contribution in [-0.4, -0.2) is 55.7 Å². The highest BCUT2D eigenvalue weighted by Gasteiger charge is 2.68. The van der Waals surface area contributed by atoms with E-state index in [1.807, 2.05) is 30.1 Å². The number of anilines is 1. The zero-order valence-corrected chi connectivity index (χ0v) is 20.0. The second kappa shape index (κ2) is 8.01. The second-order valence-corrected chi connectivity index (χ2v) is 10.4. The molecule has 1 spiro atoms. The standard InChI is InChI=1S/C28H32N2O4/c1-17(31)25-19-13-24-28(21-11-7-8-12-22(21)29(2)27(28)32)14-23(20(19)16-34-26(25)33-3)30(24)15-18-9-5-4-6-10-18/h4-12,19-20,23-26H,13-16H2,1-3H3/t19-,20-,23+,24+,25?,26+,28+/m1/s1. The van der Waals surface area contributed by atoms with Crippen LogP contribution in [0.25, 0.3) is 0 Å². The Morgan fingerprint density at radius 3 is 2.59 bits per heavy atom. The molecule has 4 heterocycles. The predicted octanol–water partition coefficient (Wildman–Crippen LogP) is 3.39. The SMILES string of the molecule is CO[C@H]1OC[C@@H]2[C@@H](C[C@@H]3N(Cc4ccccc4)[C@H]2C[C@@]32C(=O)N(C)c3ccccc32)C1C(C)=O. The number of ketones is 1. The maximum atomic E-state index is 14.0. The number of carbonyl (C=O) groups is 2. The van der Waals surface area contributed by atoms with Gasteiger partial charge in [-0.15, -0.1) is 0 Å². The summed E-state index contributed by atoms with van der Waals surface area (Å²) in [5.74, 6) is 0.324. The minimum atomic E-state index is -0.591. The molecule has 0 aromatic heterocycles. The van der Waals surface area contributed by atoms with Gasteiger partial charge in [-0.3, -0.25) is 14.5 Å². The minimum absolute atomic E-state index is 0.0232. The number of ether oxygens (including phenoxy) is 2. The van der Waals surface area contributed by atoms with Crippen LogP contribution < -0.4 is 4.90 Å². The van der Waals surface area contributed by atoms with Crippen molar-refractivity contribution in [3.63, 3.8) is 0 Å². The molecule has 1 amide bonds. The first-order valence-corrected chi connectivity index (χ1v) is 12.3. The van der Waals surface area contributed by atoms with Crippen molar-refractivity contribution in [2.75, 3.05) is 25.7 Å². The van der Waals surface area contributed by atoms with Crippen molar-refractivity contribution in [1.29, 1.82) is 0 Å². The number of benzene rings is 2. The molecule has 1 unspecified atom stereocenters. The highest BCUT2D eigenvalue weighted by molar-refractivity contribution is 6.08. The van der Waals surface area contributed by atoms with Crippen LogP contribution in [0.1, 0.15) is 30.9 Å². The second-order valence-electron chi connectivity index (χ2n) is 10.4. The molecule has 6 nitrogen and oxygen atoms in total. The summed E-state index contributed by atoms with van der Waals surface area (Å²) in [4.78, 5) is 31.3. The number of carbonyl (C=O) groups excluding carboxylic acids is 2. The van der Waals surface area contributed by atoms with E-state index in [-0.39, 0.29) is 41.5 Å². The fraction of sp³-hybridized carbons (Fsp3) is 0.500. The van der Waals surface area contributed by atoms with E-state index >= 15 is 0 Å². The Bertz CT molecular complexity index is 1120. The van der Waals surface area contributed by atoms with Crippen LogP contribution in [0.3, 0.4) is 0 Å². The van der Waals surface area contributed by atoms with Crippen LogP contribution in [0.2, 0.25) is 0 Å². The van der Waals surface area contributed by atoms with Gasteiger partial charge >= 0.3 is 0 Å². The number of piperidine rings is 1. The van der Waals surface area contributed by atoms with Gasteiger partial charge in [-0.25, -0.2) is 0 Å². The summed E-state index contributed by atoms with van der Waals surface area (Å²) in [6.45, 7) is 3.00. The highest BCUT2D eigenvalue weighted by atomic mass is 16.7. The smallest absolute Gasteiger partial charge is 0.239 e. The third-order valence-electron chi connectivity index (χ3n) is 9.02. The first-order chi connectivity index (χ1) is 16.5. The Balaban J connectivity index is 1.48. The molecule has 4 aliphatic rings. The number of hydrogen-bond donors (Lipinski definition) is 0. The average molecular weight is 461 g/mol. The molecule has 4 aliphatic heterocycles. The summed E-state index contributed by atoms with van der Waals surface area (Å²) in [6.07, 6.45) is 1.04. The van der Waals surface area contributed by atoms with Gasteiger partial charge in [0.15, 0.2) is 6.29 Å². The number of methoxy groups -OCH3 is 1. The lowest BCUT2D eigenvalue weighted by atomic mass is 9.68. The zero-order valence-electron chi connectivity index (χ0n) is 20.0. The van der Waals surface area contributed by atoms with E-state index < -0.39 is 11.7 Å². The van der Waals surface area contributed by atoms with E-state index in [2.05, 4.69) is 41.3 Å². The van der Waals surface area contributed by atoms with Gasteiger partial charge in [0.05, 0.1) is 17.9 Å². The molecule has 2 aromatic carbocycles. The fourth-order valence-electron chi connectivity index (χ4n) is 7.62. The van der Waals surface area contributed by atoms with Crippen LogP contribution in [0, 0.1) is 17.8 Å². The number of rotatable bonds is 4. The van der Waals surface area contributed by atoms with Gasteiger partial charge in [0.25, 0.3) is 0 Å². The molecule has 6 rings (SSSR count). The van der Waals surface area contributed by atoms with Crippen LogP contribution in [0.4, 0.5) is 5.69 Å². The largest absolute Gasteiger partial charge is 0.355 e. The third-order valence-corrected chi connectivity index (χ3v) is 9.02. The van der Waals surface area contributed by atoms with Gasteiger partial charge in [0.1, 0.15) is 5.78 Å². The van der Waals surface area contributed by atoms with Crippen molar-refractivity contribution in [1.82, 2.24) is 4.90 Å². The summed E-state index contributed by atoms with van der Waals surface area (Å²) >= 11 is 0. The third kappa shape index (κ3) is 2.92. The number of hydrogen-bond acceptors (Lipinski definition) is 5. The number of likely N-dealkylation sites (N-methyl/N-ethyl adjacent to an activating group) is 1. The van der Waals surface area contributed by atoms with E-state index in [4.69, 9.17) is 9.47 Å². The lowest BCUT2D eigenvalue weighted by Crippen LogP contribution is -2.59. The molecule has 0 N–H and O–H groups in total. The first kappa shape index (κ1) is 22.0. The van der Waals surface area contributed by atoms with Crippen molar-refractivity contribution in [3.05, 3.63) is 65.7 Å². The summed E-state index contributed by atoms with van der Waals surface area (Å²) in [7, 11) is 3.52. The Kier molecular flexibility index (Phi) is 5.17. The molecule has 2 aromatic rings. The molecule has 0 radical (unpaired) electrons. The number of nitrogens with zero attached hydrogens (tertiary/aromatic N) is 2. The van der Waals surface area contributed by atoms with E-state index in [1.165, 1.54) is 5.56 Å². The highest BCUT2D eigenvalue weighted by Crippen LogP contribution is 2.60. The van der Waals surface area contributed by atoms with Gasteiger partial charge in [0.2, 0.25) is 5.91 Å². The molecule has 2 bridgehead atoms. The maximum absolute atomic E-state index is 14.0. The zero-order chi connectivity index (χ0) is 23.6. The fourth-order valence-corrected chi connectivity index (χ4v) is 7.62. The Morgan fingerprint density at radius 2 is 1.85 bits per heavy atom. The average Bonchev–Trinajstić information content (AvgIpc) is 3.20. The van der Waals surface area contributed by atoms with Crippen LogP contribution in [0.15, 0.2) is 54.6 Å². The van der Waals surface area contributed by atoms with Crippen LogP contribution in [0.5, 0.6) is 0 Å². The van der Waals surface area contributed by atoms with E-state index in [9.17, 15) is 9.59 Å². The molecule has 0 aliphatic carbocycles. The monoisotopic (exact) mass is 460 g/mol. The van der Waals surface area contributed by atoms with E-state index in [0.29, 0.717) is 6.61 Å². The van der Waals surface area contributed by atoms with Gasteiger partial charge in [-0.2, -0.15) is 0 Å². The number of Topliss-reactive ketones (excluding diaryl/α,β-unsaturated/α-hetero) is 1. The molecule has 0 saturated carbocycles. The normalized spacial score (nSPS) is 36.6. The molecule has 3 saturated heterocycles. The summed E-state index contributed by atoms with van der Waals surface area (Å²) < 4.78 is 11.7. The molecular formula is C28H32N2O4. The molecule has 178 valence electrons. The minimum Gasteiger partial charge on any atom is -0.355 e. The van der Waals surface area contributed by atoms with E-state index in [1.54, 1.807) is 14.0 Å². The molecule has 34 heavy (non-hydrogen) atoms. The lowest BCUT2D eigenvalue weighted by Gasteiger charge is -2.51.